The zero-order valence-electron chi connectivity index (χ0n) is 18.0. The molecule has 1 unspecified atom stereocenters. The molecule has 0 aromatic heterocycles. The summed E-state index contributed by atoms with van der Waals surface area (Å²) in [4.78, 5) is 13.0. The standard InChI is InChI=1S/C23H31N3O3/c1-15-11-16(2)22(17(3)12-15)25-23(27)19-7-6-10-26(19)24-14-18-8-9-20(28-4)21(13-18)29-5/h8-9,11-13,19,24H,6-7,10,14H2,1-5H3,(H,25,27). The zero-order valence-corrected chi connectivity index (χ0v) is 18.0. The van der Waals surface area contributed by atoms with Gasteiger partial charge in [0.1, 0.15) is 6.04 Å². The molecule has 156 valence electrons. The number of rotatable bonds is 7. The number of nitrogens with zero attached hydrogens (tertiary/aromatic N) is 1. The van der Waals surface area contributed by atoms with E-state index in [0.29, 0.717) is 18.0 Å². The van der Waals surface area contributed by atoms with Crippen molar-refractivity contribution >= 4 is 11.6 Å². The van der Waals surface area contributed by atoms with Crippen molar-refractivity contribution in [3.05, 3.63) is 52.6 Å². The van der Waals surface area contributed by atoms with Crippen molar-refractivity contribution < 1.29 is 14.3 Å². The van der Waals surface area contributed by atoms with E-state index in [4.69, 9.17) is 9.47 Å². The van der Waals surface area contributed by atoms with Crippen molar-refractivity contribution in [1.82, 2.24) is 10.4 Å². The van der Waals surface area contributed by atoms with Crippen LogP contribution in [0.4, 0.5) is 5.69 Å². The van der Waals surface area contributed by atoms with E-state index in [1.165, 1.54) is 5.56 Å². The smallest absolute Gasteiger partial charge is 0.243 e. The van der Waals surface area contributed by atoms with Crippen LogP contribution in [-0.2, 0) is 11.3 Å². The van der Waals surface area contributed by atoms with Gasteiger partial charge in [0.2, 0.25) is 5.91 Å². The highest BCUT2D eigenvalue weighted by Crippen LogP contribution is 2.28. The van der Waals surface area contributed by atoms with Crippen LogP contribution in [0.25, 0.3) is 0 Å². The third-order valence-corrected chi connectivity index (χ3v) is 5.41. The fraction of sp³-hybridized carbons (Fsp3) is 0.435. The highest BCUT2D eigenvalue weighted by atomic mass is 16.5. The Morgan fingerprint density at radius 2 is 1.76 bits per heavy atom. The molecule has 0 bridgehead atoms. The van der Waals surface area contributed by atoms with E-state index in [1.54, 1.807) is 14.2 Å². The molecule has 0 spiro atoms. The van der Waals surface area contributed by atoms with Gasteiger partial charge in [-0.15, -0.1) is 0 Å². The maximum atomic E-state index is 13.0. The molecule has 6 nitrogen and oxygen atoms in total. The van der Waals surface area contributed by atoms with Crippen LogP contribution in [0.1, 0.15) is 35.1 Å². The van der Waals surface area contributed by atoms with E-state index < -0.39 is 0 Å². The third kappa shape index (κ3) is 4.89. The number of hydrazine groups is 1. The molecule has 0 radical (unpaired) electrons. The Morgan fingerprint density at radius 1 is 1.07 bits per heavy atom. The van der Waals surface area contributed by atoms with Crippen molar-refractivity contribution in [2.75, 3.05) is 26.1 Å². The Morgan fingerprint density at radius 3 is 2.41 bits per heavy atom. The maximum absolute atomic E-state index is 13.0. The molecule has 6 heteroatoms. The lowest BCUT2D eigenvalue weighted by Crippen LogP contribution is -2.47. The molecule has 29 heavy (non-hydrogen) atoms. The van der Waals surface area contributed by atoms with Gasteiger partial charge >= 0.3 is 0 Å². The molecule has 1 saturated heterocycles. The Balaban J connectivity index is 1.65. The molecule has 2 N–H and O–H groups in total. The summed E-state index contributed by atoms with van der Waals surface area (Å²) in [6.45, 7) is 7.61. The Bertz CT molecular complexity index is 859. The van der Waals surface area contributed by atoms with Crippen molar-refractivity contribution in [2.24, 2.45) is 0 Å². The largest absolute Gasteiger partial charge is 0.493 e. The van der Waals surface area contributed by atoms with Crippen LogP contribution in [0, 0.1) is 20.8 Å². The van der Waals surface area contributed by atoms with Gasteiger partial charge in [0.15, 0.2) is 11.5 Å². The average Bonchev–Trinajstić information content (AvgIpc) is 3.17. The summed E-state index contributed by atoms with van der Waals surface area (Å²) in [5.41, 5.74) is 8.81. The lowest BCUT2D eigenvalue weighted by atomic mass is 10.0. The monoisotopic (exact) mass is 397 g/mol. The first-order chi connectivity index (χ1) is 13.9. The first-order valence-electron chi connectivity index (χ1n) is 10.0. The van der Waals surface area contributed by atoms with Crippen molar-refractivity contribution in [2.45, 2.75) is 46.2 Å². The highest BCUT2D eigenvalue weighted by Gasteiger charge is 2.31. The fourth-order valence-corrected chi connectivity index (χ4v) is 4.00. The van der Waals surface area contributed by atoms with E-state index in [2.05, 4.69) is 29.8 Å². The summed E-state index contributed by atoms with van der Waals surface area (Å²) in [7, 11) is 3.26. The van der Waals surface area contributed by atoms with Crippen molar-refractivity contribution in [3.8, 4) is 11.5 Å². The molecule has 2 aromatic carbocycles. The van der Waals surface area contributed by atoms with Crippen molar-refractivity contribution in [1.29, 1.82) is 0 Å². The van der Waals surface area contributed by atoms with Crippen LogP contribution in [0.3, 0.4) is 0 Å². The quantitative estimate of drug-likeness (QED) is 0.745. The average molecular weight is 398 g/mol. The Labute approximate surface area is 173 Å². The van der Waals surface area contributed by atoms with Crippen LogP contribution < -0.4 is 20.2 Å². The molecule has 3 rings (SSSR count). The molecular weight excluding hydrogens is 366 g/mol. The molecule has 1 aliphatic rings. The number of benzene rings is 2. The van der Waals surface area contributed by atoms with Crippen LogP contribution >= 0.6 is 0 Å². The van der Waals surface area contributed by atoms with E-state index in [-0.39, 0.29) is 11.9 Å². The summed E-state index contributed by atoms with van der Waals surface area (Å²) in [6, 6.07) is 9.87. The summed E-state index contributed by atoms with van der Waals surface area (Å²) < 4.78 is 10.7. The predicted octanol–water partition coefficient (Wildman–Crippen LogP) is 3.74. The number of aryl methyl sites for hydroxylation is 3. The Hall–Kier alpha value is -2.57. The van der Waals surface area contributed by atoms with Crippen LogP contribution in [0.5, 0.6) is 11.5 Å². The Kier molecular flexibility index (Phi) is 6.77. The normalized spacial score (nSPS) is 16.7. The zero-order chi connectivity index (χ0) is 21.0. The SMILES string of the molecule is COc1ccc(CNN2CCCC2C(=O)Nc2c(C)cc(C)cc2C)cc1OC. The number of anilines is 1. The molecule has 2 aromatic rings. The lowest BCUT2D eigenvalue weighted by molar-refractivity contribution is -0.121. The summed E-state index contributed by atoms with van der Waals surface area (Å²) in [6.07, 6.45) is 1.83. The van der Waals surface area contributed by atoms with Crippen molar-refractivity contribution in [3.63, 3.8) is 0 Å². The molecule has 1 amide bonds. The summed E-state index contributed by atoms with van der Waals surface area (Å²) in [5, 5.41) is 5.20. The van der Waals surface area contributed by atoms with Crippen LogP contribution in [-0.4, -0.2) is 37.7 Å². The highest BCUT2D eigenvalue weighted by molar-refractivity contribution is 5.96. The number of methoxy groups -OCH3 is 2. The molecular formula is C23H31N3O3. The van der Waals surface area contributed by atoms with Gasteiger partial charge in [-0.1, -0.05) is 23.8 Å². The van der Waals surface area contributed by atoms with E-state index in [9.17, 15) is 4.79 Å². The van der Waals surface area contributed by atoms with E-state index >= 15 is 0 Å². The number of hydrogen-bond acceptors (Lipinski definition) is 5. The minimum absolute atomic E-state index is 0.0392. The van der Waals surface area contributed by atoms with Gasteiger partial charge in [-0.05, 0) is 62.4 Å². The first-order valence-corrected chi connectivity index (χ1v) is 10.0. The van der Waals surface area contributed by atoms with E-state index in [1.807, 2.05) is 37.1 Å². The number of amides is 1. The van der Waals surface area contributed by atoms with Gasteiger partial charge in [-0.25, -0.2) is 5.01 Å². The minimum atomic E-state index is -0.185. The molecule has 1 fully saturated rings. The topological polar surface area (TPSA) is 62.8 Å². The van der Waals surface area contributed by atoms with Gasteiger partial charge in [0.05, 0.1) is 14.2 Å². The second kappa shape index (κ2) is 9.29. The second-order valence-electron chi connectivity index (χ2n) is 7.64. The van der Waals surface area contributed by atoms with Gasteiger partial charge < -0.3 is 14.8 Å². The summed E-state index contributed by atoms with van der Waals surface area (Å²) >= 11 is 0. The number of carbonyl (C=O) groups excluding carboxylic acids is 1. The lowest BCUT2D eigenvalue weighted by Gasteiger charge is -2.25. The maximum Gasteiger partial charge on any atom is 0.243 e. The van der Waals surface area contributed by atoms with E-state index in [0.717, 1.165) is 41.8 Å². The number of carbonyl (C=O) groups is 1. The second-order valence-corrected chi connectivity index (χ2v) is 7.64. The first kappa shape index (κ1) is 21.1. The molecule has 1 aliphatic heterocycles. The minimum Gasteiger partial charge on any atom is -0.493 e. The predicted molar refractivity (Wildman–Crippen MR) is 115 cm³/mol. The molecule has 0 saturated carbocycles. The van der Waals surface area contributed by atoms with Gasteiger partial charge in [0, 0.05) is 18.8 Å². The van der Waals surface area contributed by atoms with Gasteiger partial charge in [0.25, 0.3) is 0 Å². The van der Waals surface area contributed by atoms with Crippen LogP contribution in [0.15, 0.2) is 30.3 Å². The molecule has 1 atom stereocenters. The van der Waals surface area contributed by atoms with Gasteiger partial charge in [-0.3, -0.25) is 10.2 Å². The summed E-state index contributed by atoms with van der Waals surface area (Å²) in [5.74, 6) is 1.45. The fourth-order valence-electron chi connectivity index (χ4n) is 4.00. The third-order valence-electron chi connectivity index (χ3n) is 5.41. The molecule has 1 heterocycles. The number of nitrogens with one attached hydrogen (secondary N) is 2. The van der Waals surface area contributed by atoms with Gasteiger partial charge in [-0.2, -0.15) is 0 Å². The molecule has 0 aliphatic carbocycles. The number of hydrogen-bond donors (Lipinski definition) is 2. The number of ether oxygens (including phenoxy) is 2. The van der Waals surface area contributed by atoms with Crippen LogP contribution in [0.2, 0.25) is 0 Å².